The molecule has 0 saturated carbocycles. The number of hydrogen-bond donors (Lipinski definition) is 2. The normalized spacial score (nSPS) is 23.1. The van der Waals surface area contributed by atoms with Crippen LogP contribution in [0.3, 0.4) is 0 Å². The summed E-state index contributed by atoms with van der Waals surface area (Å²) in [5.74, 6) is 1.19. The topological polar surface area (TPSA) is 72.1 Å². The van der Waals surface area contributed by atoms with Crippen LogP contribution >= 0.6 is 0 Å². The maximum absolute atomic E-state index is 6.04. The van der Waals surface area contributed by atoms with Gasteiger partial charge in [0.25, 0.3) is 0 Å². The van der Waals surface area contributed by atoms with E-state index in [9.17, 15) is 0 Å². The van der Waals surface area contributed by atoms with E-state index >= 15 is 0 Å². The summed E-state index contributed by atoms with van der Waals surface area (Å²) in [6, 6.07) is 7.62. The number of nitrogens with zero attached hydrogens (tertiary/aromatic N) is 2. The van der Waals surface area contributed by atoms with E-state index in [4.69, 9.17) is 15.2 Å². The summed E-state index contributed by atoms with van der Waals surface area (Å²) in [4.78, 5) is 6.96. The maximum Gasteiger partial charge on any atom is 0.193 e. The Morgan fingerprint density at radius 2 is 2.04 bits per heavy atom. The SMILES string of the molecule is COc1cccc(NC(N)=NCC(C)(C)N2CC(C)OC(C)C2)c1. The second kappa shape index (κ2) is 7.85. The lowest BCUT2D eigenvalue weighted by Crippen LogP contribution is -2.56. The Labute approximate surface area is 145 Å². The van der Waals surface area contributed by atoms with Crippen LogP contribution in [-0.2, 0) is 4.74 Å². The third kappa shape index (κ3) is 5.11. The first kappa shape index (κ1) is 18.5. The number of nitrogens with two attached hydrogens (primary N) is 1. The largest absolute Gasteiger partial charge is 0.497 e. The highest BCUT2D eigenvalue weighted by atomic mass is 16.5. The lowest BCUT2D eigenvalue weighted by Gasteiger charge is -2.44. The smallest absolute Gasteiger partial charge is 0.193 e. The van der Waals surface area contributed by atoms with Crippen LogP contribution in [0.15, 0.2) is 29.3 Å². The third-order valence-electron chi connectivity index (χ3n) is 4.25. The van der Waals surface area contributed by atoms with Crippen molar-refractivity contribution in [1.82, 2.24) is 4.90 Å². The summed E-state index contributed by atoms with van der Waals surface area (Å²) in [5.41, 5.74) is 6.83. The second-order valence-corrected chi connectivity index (χ2v) is 7.03. The predicted octanol–water partition coefficient (Wildman–Crippen LogP) is 2.31. The number of guanidine groups is 1. The summed E-state index contributed by atoms with van der Waals surface area (Å²) < 4.78 is 11.0. The Bertz CT molecular complexity index is 564. The van der Waals surface area contributed by atoms with E-state index in [2.05, 4.69) is 42.9 Å². The van der Waals surface area contributed by atoms with Crippen molar-refractivity contribution in [1.29, 1.82) is 0 Å². The molecule has 0 aliphatic carbocycles. The summed E-state index contributed by atoms with van der Waals surface area (Å²) in [7, 11) is 1.64. The Morgan fingerprint density at radius 3 is 2.67 bits per heavy atom. The van der Waals surface area contributed by atoms with Crippen molar-refractivity contribution in [2.75, 3.05) is 32.1 Å². The Hall–Kier alpha value is -1.79. The van der Waals surface area contributed by atoms with Crippen LogP contribution in [0.1, 0.15) is 27.7 Å². The monoisotopic (exact) mass is 334 g/mol. The fourth-order valence-electron chi connectivity index (χ4n) is 2.94. The van der Waals surface area contributed by atoms with E-state index in [0.717, 1.165) is 24.5 Å². The van der Waals surface area contributed by atoms with Crippen LogP contribution in [0.2, 0.25) is 0 Å². The van der Waals surface area contributed by atoms with E-state index in [0.29, 0.717) is 12.5 Å². The van der Waals surface area contributed by atoms with Crippen LogP contribution in [0.5, 0.6) is 5.75 Å². The second-order valence-electron chi connectivity index (χ2n) is 7.03. The lowest BCUT2D eigenvalue weighted by molar-refractivity contribution is -0.0939. The highest BCUT2D eigenvalue weighted by Crippen LogP contribution is 2.22. The van der Waals surface area contributed by atoms with Gasteiger partial charge in [0.15, 0.2) is 5.96 Å². The van der Waals surface area contributed by atoms with Gasteiger partial charge < -0.3 is 20.5 Å². The van der Waals surface area contributed by atoms with Crippen LogP contribution in [0.4, 0.5) is 5.69 Å². The van der Waals surface area contributed by atoms with Gasteiger partial charge in [0.05, 0.1) is 25.9 Å². The van der Waals surface area contributed by atoms with Gasteiger partial charge in [-0.1, -0.05) is 6.07 Å². The molecule has 6 nitrogen and oxygen atoms in total. The molecule has 1 aromatic carbocycles. The van der Waals surface area contributed by atoms with Gasteiger partial charge in [0.2, 0.25) is 0 Å². The average Bonchev–Trinajstić information content (AvgIpc) is 2.52. The van der Waals surface area contributed by atoms with Crippen molar-refractivity contribution in [3.05, 3.63) is 24.3 Å². The molecule has 2 unspecified atom stereocenters. The molecule has 1 aromatic rings. The molecule has 6 heteroatoms. The molecular weight excluding hydrogens is 304 g/mol. The van der Waals surface area contributed by atoms with Gasteiger partial charge in [-0.15, -0.1) is 0 Å². The number of morpholine rings is 1. The zero-order valence-electron chi connectivity index (χ0n) is 15.4. The summed E-state index contributed by atoms with van der Waals surface area (Å²) in [6.07, 6.45) is 0.480. The lowest BCUT2D eigenvalue weighted by atomic mass is 10.0. The first-order valence-corrected chi connectivity index (χ1v) is 8.41. The van der Waals surface area contributed by atoms with Gasteiger partial charge in [-0.05, 0) is 39.8 Å². The zero-order chi connectivity index (χ0) is 17.7. The van der Waals surface area contributed by atoms with Crippen LogP contribution in [0.25, 0.3) is 0 Å². The van der Waals surface area contributed by atoms with Gasteiger partial charge in [0.1, 0.15) is 5.75 Å². The zero-order valence-corrected chi connectivity index (χ0v) is 15.4. The molecule has 0 aromatic heterocycles. The van der Waals surface area contributed by atoms with E-state index < -0.39 is 0 Å². The fourth-order valence-corrected chi connectivity index (χ4v) is 2.94. The Kier molecular flexibility index (Phi) is 6.07. The van der Waals surface area contributed by atoms with Crippen molar-refractivity contribution < 1.29 is 9.47 Å². The fraction of sp³-hybridized carbons (Fsp3) is 0.611. The van der Waals surface area contributed by atoms with Gasteiger partial charge in [-0.25, -0.2) is 0 Å². The first-order valence-electron chi connectivity index (χ1n) is 8.41. The summed E-state index contributed by atoms with van der Waals surface area (Å²) in [6.45, 7) is 11.1. The molecule has 0 spiro atoms. The summed E-state index contributed by atoms with van der Waals surface area (Å²) >= 11 is 0. The Balaban J connectivity index is 1.97. The van der Waals surface area contributed by atoms with E-state index in [1.54, 1.807) is 7.11 Å². The molecule has 1 aliphatic heterocycles. The molecule has 0 bridgehead atoms. The maximum atomic E-state index is 6.04. The number of methoxy groups -OCH3 is 1. The van der Waals surface area contributed by atoms with Crippen LogP contribution in [0, 0.1) is 0 Å². The standard InChI is InChI=1S/C18H30N4O2/c1-13-10-22(11-14(2)24-13)18(3,4)12-20-17(19)21-15-7-6-8-16(9-15)23-5/h6-9,13-14H,10-12H2,1-5H3,(H3,19,20,21). The van der Waals surface area contributed by atoms with Crippen molar-refractivity contribution in [2.45, 2.75) is 45.4 Å². The number of nitrogens with one attached hydrogen (secondary N) is 1. The molecule has 24 heavy (non-hydrogen) atoms. The van der Waals surface area contributed by atoms with Gasteiger partial charge in [-0.3, -0.25) is 9.89 Å². The predicted molar refractivity (Wildman–Crippen MR) is 98.8 cm³/mol. The van der Waals surface area contributed by atoms with Crippen molar-refractivity contribution >= 4 is 11.6 Å². The third-order valence-corrected chi connectivity index (χ3v) is 4.25. The summed E-state index contributed by atoms with van der Waals surface area (Å²) in [5, 5.41) is 3.11. The Morgan fingerprint density at radius 1 is 1.38 bits per heavy atom. The number of aliphatic imine (C=N–C) groups is 1. The van der Waals surface area contributed by atoms with Crippen LogP contribution < -0.4 is 15.8 Å². The molecule has 1 fully saturated rings. The molecular formula is C18H30N4O2. The van der Waals surface area contributed by atoms with Crippen molar-refractivity contribution in [3.63, 3.8) is 0 Å². The number of anilines is 1. The highest BCUT2D eigenvalue weighted by Gasteiger charge is 2.33. The average molecular weight is 334 g/mol. The number of hydrogen-bond acceptors (Lipinski definition) is 4. The molecule has 2 rings (SSSR count). The number of ether oxygens (including phenoxy) is 2. The minimum atomic E-state index is -0.0764. The number of benzene rings is 1. The molecule has 1 saturated heterocycles. The van der Waals surface area contributed by atoms with E-state index in [1.807, 2.05) is 24.3 Å². The van der Waals surface area contributed by atoms with Gasteiger partial charge >= 0.3 is 0 Å². The highest BCUT2D eigenvalue weighted by molar-refractivity contribution is 5.92. The molecule has 0 amide bonds. The molecule has 1 aliphatic rings. The minimum Gasteiger partial charge on any atom is -0.497 e. The molecule has 1 heterocycles. The molecule has 0 radical (unpaired) electrons. The van der Waals surface area contributed by atoms with Crippen molar-refractivity contribution in [3.8, 4) is 5.75 Å². The molecule has 2 atom stereocenters. The van der Waals surface area contributed by atoms with Gasteiger partial charge in [-0.2, -0.15) is 0 Å². The molecule has 134 valence electrons. The van der Waals surface area contributed by atoms with Gasteiger partial charge in [0, 0.05) is 30.4 Å². The van der Waals surface area contributed by atoms with Crippen molar-refractivity contribution in [2.24, 2.45) is 10.7 Å². The number of rotatable bonds is 5. The van der Waals surface area contributed by atoms with E-state index in [-0.39, 0.29) is 17.7 Å². The van der Waals surface area contributed by atoms with E-state index in [1.165, 1.54) is 0 Å². The first-order chi connectivity index (χ1) is 11.3. The quantitative estimate of drug-likeness (QED) is 0.639. The minimum absolute atomic E-state index is 0.0764. The molecule has 3 N–H and O–H groups in total. The van der Waals surface area contributed by atoms with Crippen LogP contribution in [-0.4, -0.2) is 55.4 Å².